The van der Waals surface area contributed by atoms with Crippen LogP contribution in [0.15, 0.2) is 194 Å². The first-order chi connectivity index (χ1) is 31.6. The predicted molar refractivity (Wildman–Crippen MR) is 304 cm³/mol. The molecule has 10 rings (SSSR count). The van der Waals surface area contributed by atoms with Crippen LogP contribution in [0.1, 0.15) is 61.1 Å². The van der Waals surface area contributed by atoms with Crippen LogP contribution in [0, 0.1) is 39.5 Å². The zero-order valence-corrected chi connectivity index (χ0v) is 57.9. The molecule has 0 nitrogen and oxygen atoms in total. The number of aryl methyl sites for hydroxylation is 4. The van der Waals surface area contributed by atoms with Crippen LogP contribution in [-0.2, 0) is 85.7 Å². The Kier molecular flexibility index (Phi) is 41.4. The van der Waals surface area contributed by atoms with Gasteiger partial charge in [0.2, 0.25) is 0 Å². The number of hydrogen-bond donors (Lipinski definition) is 0. The average Bonchev–Trinajstić information content (AvgIpc) is 4.07. The molecule has 0 atom stereocenters. The standard InChI is InChI=1S/2C14H17.2C10H9.2C7H8Si.6ClH.3Zr/c2*1-10(2)6-12-4-5-13-7-11(3)8-14(13)9-12;2*1-8-6-9-4-2-3-5-10(9)7-8;2*1-8-7-5-3-2-4-6-7;;;;;;;;;/h2*4-5,7-10H,6H2,1-3H3;2*2-7H,1H3;2*2-6H,1H3;6*1H;;;/q4*-1;;;;;;;;;2*+2;+4/p-4. The predicted octanol–water partition coefficient (Wildman–Crippen LogP) is 4.85. The van der Waals surface area contributed by atoms with Crippen LogP contribution in [0.5, 0.6) is 0 Å². The van der Waals surface area contributed by atoms with Crippen molar-refractivity contribution in [3.8, 4) is 0 Å². The molecule has 0 amide bonds. The topological polar surface area (TPSA) is 0 Å². The molecule has 11 heteroatoms. The first-order valence-corrected chi connectivity index (χ1v) is 34.8. The average molecular weight is 1360 g/mol. The van der Waals surface area contributed by atoms with E-state index < -0.39 is 0 Å². The van der Waals surface area contributed by atoms with E-state index in [4.69, 9.17) is 0 Å². The summed E-state index contributed by atoms with van der Waals surface area (Å²) in [6, 6.07) is 69.8. The van der Waals surface area contributed by atoms with Gasteiger partial charge in [-0.2, -0.15) is 24.3 Å². The normalized spacial score (nSPS) is 9.53. The van der Waals surface area contributed by atoms with Crippen molar-refractivity contribution in [1.82, 2.24) is 0 Å². The largest absolute Gasteiger partial charge is 4.00 e. The van der Waals surface area contributed by atoms with Gasteiger partial charge in [0, 0.05) is 0 Å². The van der Waals surface area contributed by atoms with Gasteiger partial charge in [0.1, 0.15) is 0 Å². The second-order valence-electron chi connectivity index (χ2n) is 18.5. The Hall–Kier alpha value is -1.42. The van der Waals surface area contributed by atoms with Crippen LogP contribution in [0.3, 0.4) is 0 Å². The molecule has 0 aliphatic heterocycles. The molecule has 0 aliphatic rings. The number of hydrogen-bond acceptors (Lipinski definition) is 0. The van der Waals surface area contributed by atoms with Crippen molar-refractivity contribution in [1.29, 1.82) is 0 Å². The monoisotopic (exact) mass is 1350 g/mol. The Bertz CT molecular complexity index is 2790. The van der Waals surface area contributed by atoms with Gasteiger partial charge >= 0.3 is 168 Å². The van der Waals surface area contributed by atoms with Crippen LogP contribution in [-0.4, -0.2) is 10.9 Å². The SMILES string of the molecule is C[Si](=[Zr+2])c1ccccc1.C[Si](=[Zr+2])c1ccccc1.Cc1cc2cc(CC(C)C)ccc2[cH-]1.Cc1cc2cc(CC(C)C)ccc2[cH-]1.Cc1cc2ccccc2[cH-]1.Cc1cc2ccccc2[cH-]1.Cl.Cl.[Cl-].[Cl-].[Cl-].[Cl-].[Zr+4]. The van der Waals surface area contributed by atoms with Gasteiger partial charge in [0.05, 0.1) is 0 Å². The van der Waals surface area contributed by atoms with E-state index in [1.807, 2.05) is 0 Å². The zero-order valence-electron chi connectivity index (χ0n) is 43.9. The molecule has 0 aliphatic carbocycles. The third-order valence-electron chi connectivity index (χ3n) is 11.1. The van der Waals surface area contributed by atoms with Crippen molar-refractivity contribution in [2.45, 2.75) is 81.3 Å². The van der Waals surface area contributed by atoms with Gasteiger partial charge in [-0.05, 0) is 24.7 Å². The molecule has 0 spiro atoms. The summed E-state index contributed by atoms with van der Waals surface area (Å²) < 4.78 is 0. The van der Waals surface area contributed by atoms with E-state index in [0.717, 1.165) is 11.8 Å². The summed E-state index contributed by atoms with van der Waals surface area (Å²) in [4.78, 5) is 0. The Balaban J connectivity index is -0.000000797. The number of halogens is 6. The van der Waals surface area contributed by atoms with E-state index in [1.165, 1.54) is 89.3 Å². The Morgan fingerprint density at radius 2 is 0.630 bits per heavy atom. The molecule has 0 saturated carbocycles. The van der Waals surface area contributed by atoms with Gasteiger partial charge in [-0.25, -0.2) is 0 Å². The van der Waals surface area contributed by atoms with E-state index in [2.05, 4.69) is 263 Å². The van der Waals surface area contributed by atoms with Gasteiger partial charge in [-0.1, -0.05) is 78.6 Å². The fourth-order valence-corrected chi connectivity index (χ4v) is 11.9. The van der Waals surface area contributed by atoms with Gasteiger partial charge in [-0.3, -0.25) is 0 Å². The van der Waals surface area contributed by atoms with Crippen molar-refractivity contribution < 1.29 is 123 Å². The molecule has 0 bridgehead atoms. The molecule has 0 fully saturated rings. The van der Waals surface area contributed by atoms with Crippen LogP contribution >= 0.6 is 24.8 Å². The molecular formula is C62H70Cl6Si2Zr3. The fourth-order valence-electron chi connectivity index (χ4n) is 8.01. The molecule has 0 radical (unpaired) electrons. The molecule has 10 aromatic rings. The molecule has 0 unspecified atom stereocenters. The van der Waals surface area contributed by atoms with Crippen molar-refractivity contribution >= 4 is 89.1 Å². The quantitative estimate of drug-likeness (QED) is 0.165. The summed E-state index contributed by atoms with van der Waals surface area (Å²) in [5.74, 6) is 1.48. The summed E-state index contributed by atoms with van der Waals surface area (Å²) in [5.41, 5.74) is 8.09. The van der Waals surface area contributed by atoms with E-state index in [0.29, 0.717) is 0 Å². The fraction of sp³-hybridized carbons (Fsp3) is 0.226. The maximum Gasteiger partial charge on any atom is 4.00 e. The van der Waals surface area contributed by atoms with E-state index in [1.54, 1.807) is 57.0 Å². The number of fused-ring (bicyclic) bond motifs is 4. The zero-order chi connectivity index (χ0) is 47.6. The summed E-state index contributed by atoms with van der Waals surface area (Å²) in [6.45, 7) is 22.3. The maximum atomic E-state index is 2.35. The first-order valence-electron chi connectivity index (χ1n) is 23.4. The molecule has 380 valence electrons. The van der Waals surface area contributed by atoms with Crippen molar-refractivity contribution in [2.24, 2.45) is 11.8 Å². The summed E-state index contributed by atoms with van der Waals surface area (Å²) in [5, 5.41) is 14.0. The minimum absolute atomic E-state index is 0. The number of benzene rings is 6. The van der Waals surface area contributed by atoms with Gasteiger partial charge in [0.25, 0.3) is 0 Å². The number of rotatable bonds is 6. The maximum absolute atomic E-state index is 2.35. The van der Waals surface area contributed by atoms with Crippen molar-refractivity contribution in [2.75, 3.05) is 0 Å². The van der Waals surface area contributed by atoms with Gasteiger partial charge in [0.15, 0.2) is 0 Å². The second-order valence-corrected chi connectivity index (χ2v) is 33.2. The van der Waals surface area contributed by atoms with E-state index >= 15 is 0 Å². The Morgan fingerprint density at radius 1 is 0.370 bits per heavy atom. The van der Waals surface area contributed by atoms with E-state index in [-0.39, 0.29) is 112 Å². The van der Waals surface area contributed by atoms with Crippen LogP contribution in [0.25, 0.3) is 43.1 Å². The minimum atomic E-state index is -0.122. The second kappa shape index (κ2) is 39.9. The molecule has 73 heavy (non-hydrogen) atoms. The minimum Gasteiger partial charge on any atom is -1.00 e. The molecule has 0 heterocycles. The first kappa shape index (κ1) is 75.8. The van der Waals surface area contributed by atoms with Crippen LogP contribution in [0.4, 0.5) is 0 Å². The molecule has 0 N–H and O–H groups in total. The van der Waals surface area contributed by atoms with Gasteiger partial charge in [-0.15, -0.1) is 187 Å². The summed E-state index contributed by atoms with van der Waals surface area (Å²) in [7, 11) is 0. The molecule has 0 saturated heterocycles. The van der Waals surface area contributed by atoms with Crippen molar-refractivity contribution in [3.05, 3.63) is 228 Å². The van der Waals surface area contributed by atoms with Crippen LogP contribution in [0.2, 0.25) is 13.1 Å². The molecule has 0 aromatic heterocycles. The summed E-state index contributed by atoms with van der Waals surface area (Å²) in [6.07, 6.45) is 2.36. The van der Waals surface area contributed by atoms with Crippen LogP contribution < -0.4 is 60.0 Å². The van der Waals surface area contributed by atoms with Gasteiger partial charge < -0.3 is 49.6 Å². The molecular weight excluding hydrogens is 1290 g/mol. The smallest absolute Gasteiger partial charge is 1.00 e. The summed E-state index contributed by atoms with van der Waals surface area (Å²) >= 11 is 3.38. The molecule has 10 aromatic carbocycles. The third kappa shape index (κ3) is 27.1. The van der Waals surface area contributed by atoms with Crippen molar-refractivity contribution in [3.63, 3.8) is 0 Å². The Morgan fingerprint density at radius 3 is 0.890 bits per heavy atom. The Labute approximate surface area is 525 Å². The third-order valence-corrected chi connectivity index (χ3v) is 17.7. The van der Waals surface area contributed by atoms with E-state index in [9.17, 15) is 0 Å².